The van der Waals surface area contributed by atoms with Gasteiger partial charge in [-0.15, -0.1) is 9.36 Å². The molecule has 0 fully saturated rings. The molecule has 0 aliphatic carbocycles. The Balaban J connectivity index is 2.06. The number of rotatable bonds is 1. The smallest absolute Gasteiger partial charge is 0.195 e. The van der Waals surface area contributed by atoms with Crippen molar-refractivity contribution in [2.75, 3.05) is 0 Å². The lowest BCUT2D eigenvalue weighted by Gasteiger charge is -2.04. The SMILES string of the molecule is Cc1cc2c(cc1-n1ccc[n+]1C)oc1cc(F)ccc12. The van der Waals surface area contributed by atoms with E-state index in [0.717, 1.165) is 27.6 Å². The molecule has 2 aromatic carbocycles. The maximum absolute atomic E-state index is 13.3. The number of aryl methyl sites for hydroxylation is 2. The van der Waals surface area contributed by atoms with E-state index in [0.29, 0.717) is 5.58 Å². The predicted octanol–water partition coefficient (Wildman–Crippen LogP) is 3.65. The quantitative estimate of drug-likeness (QED) is 0.488. The van der Waals surface area contributed by atoms with E-state index in [9.17, 15) is 4.39 Å². The van der Waals surface area contributed by atoms with Gasteiger partial charge in [-0.1, -0.05) is 0 Å². The minimum atomic E-state index is -0.282. The normalized spacial score (nSPS) is 11.6. The third-order valence-corrected chi connectivity index (χ3v) is 3.87. The van der Waals surface area contributed by atoms with Gasteiger partial charge in [0.2, 0.25) is 0 Å². The second kappa shape index (κ2) is 4.19. The first-order valence-electron chi connectivity index (χ1n) is 6.79. The summed E-state index contributed by atoms with van der Waals surface area (Å²) in [6.45, 7) is 2.07. The molecule has 0 atom stereocenters. The molecule has 0 saturated heterocycles. The average molecular weight is 281 g/mol. The molecule has 0 aliphatic heterocycles. The van der Waals surface area contributed by atoms with E-state index in [1.54, 1.807) is 6.07 Å². The van der Waals surface area contributed by atoms with Crippen molar-refractivity contribution in [1.82, 2.24) is 4.68 Å². The molecule has 0 saturated carbocycles. The fourth-order valence-electron chi connectivity index (χ4n) is 2.81. The summed E-state index contributed by atoms with van der Waals surface area (Å²) in [7, 11) is 1.98. The summed E-state index contributed by atoms with van der Waals surface area (Å²) in [5.74, 6) is -0.282. The molecule has 0 radical (unpaired) electrons. The van der Waals surface area contributed by atoms with Crippen LogP contribution in [0.5, 0.6) is 0 Å². The van der Waals surface area contributed by atoms with Gasteiger partial charge >= 0.3 is 0 Å². The molecule has 0 spiro atoms. The van der Waals surface area contributed by atoms with Crippen LogP contribution in [-0.2, 0) is 7.05 Å². The average Bonchev–Trinajstić information content (AvgIpc) is 3.00. The molecule has 0 aliphatic rings. The maximum Gasteiger partial charge on any atom is 0.195 e. The van der Waals surface area contributed by atoms with Crippen LogP contribution in [0.3, 0.4) is 0 Å². The summed E-state index contributed by atoms with van der Waals surface area (Å²) < 4.78 is 23.2. The standard InChI is InChI=1S/C17H14FN2O/c1-11-8-14-13-5-4-12(18)9-16(13)21-17(14)10-15(11)20-7-3-6-19(20)2/h3-10H,1-2H3/q+1. The van der Waals surface area contributed by atoms with Crippen LogP contribution >= 0.6 is 0 Å². The lowest BCUT2D eigenvalue weighted by molar-refractivity contribution is -0.744. The summed E-state index contributed by atoms with van der Waals surface area (Å²) in [4.78, 5) is 0. The van der Waals surface area contributed by atoms with Crippen molar-refractivity contribution in [3.05, 3.63) is 60.2 Å². The van der Waals surface area contributed by atoms with Crippen molar-refractivity contribution in [1.29, 1.82) is 0 Å². The number of nitrogens with zero attached hydrogens (tertiary/aromatic N) is 2. The van der Waals surface area contributed by atoms with E-state index >= 15 is 0 Å². The maximum atomic E-state index is 13.3. The van der Waals surface area contributed by atoms with E-state index < -0.39 is 0 Å². The van der Waals surface area contributed by atoms with Crippen molar-refractivity contribution < 1.29 is 13.5 Å². The number of furan rings is 1. The Bertz CT molecular complexity index is 981. The van der Waals surface area contributed by atoms with E-state index in [-0.39, 0.29) is 5.82 Å². The summed E-state index contributed by atoms with van der Waals surface area (Å²) >= 11 is 0. The van der Waals surface area contributed by atoms with Gasteiger partial charge in [-0.3, -0.25) is 0 Å². The molecule has 0 bridgehead atoms. The highest BCUT2D eigenvalue weighted by atomic mass is 19.1. The molecule has 2 aromatic heterocycles. The number of fused-ring (bicyclic) bond motifs is 3. The number of aromatic nitrogens is 2. The lowest BCUT2D eigenvalue weighted by atomic mass is 10.1. The molecular formula is C17H14FN2O+. The van der Waals surface area contributed by atoms with Crippen LogP contribution in [0.25, 0.3) is 27.6 Å². The first-order valence-corrected chi connectivity index (χ1v) is 6.79. The van der Waals surface area contributed by atoms with Crippen LogP contribution < -0.4 is 4.68 Å². The van der Waals surface area contributed by atoms with E-state index in [4.69, 9.17) is 4.42 Å². The Labute approximate surface area is 120 Å². The highest BCUT2D eigenvalue weighted by Crippen LogP contribution is 2.32. The van der Waals surface area contributed by atoms with Crippen molar-refractivity contribution in [3.63, 3.8) is 0 Å². The van der Waals surface area contributed by atoms with Gasteiger partial charge in [0.1, 0.15) is 22.7 Å². The lowest BCUT2D eigenvalue weighted by Crippen LogP contribution is -2.36. The van der Waals surface area contributed by atoms with E-state index in [1.165, 1.54) is 12.1 Å². The van der Waals surface area contributed by atoms with Crippen molar-refractivity contribution in [2.45, 2.75) is 6.92 Å². The predicted molar refractivity (Wildman–Crippen MR) is 78.9 cm³/mol. The molecule has 21 heavy (non-hydrogen) atoms. The Morgan fingerprint density at radius 3 is 2.67 bits per heavy atom. The van der Waals surface area contributed by atoms with Gasteiger partial charge in [-0.05, 0) is 30.7 Å². The molecule has 4 heteroatoms. The number of halogens is 1. The van der Waals surface area contributed by atoms with Crippen LogP contribution in [0.15, 0.2) is 53.2 Å². The Morgan fingerprint density at radius 1 is 1.10 bits per heavy atom. The molecule has 0 amide bonds. The molecule has 2 heterocycles. The van der Waals surface area contributed by atoms with Gasteiger partial charge < -0.3 is 4.42 Å². The third kappa shape index (κ3) is 1.76. The summed E-state index contributed by atoms with van der Waals surface area (Å²) in [6, 6.07) is 10.7. The zero-order chi connectivity index (χ0) is 14.6. The van der Waals surface area contributed by atoms with Gasteiger partial charge in [-0.2, -0.15) is 0 Å². The van der Waals surface area contributed by atoms with Gasteiger partial charge in [0.05, 0.1) is 6.20 Å². The molecule has 4 rings (SSSR count). The minimum Gasteiger partial charge on any atom is -0.456 e. The van der Waals surface area contributed by atoms with Crippen LogP contribution in [0.4, 0.5) is 4.39 Å². The number of hydrogen-bond acceptors (Lipinski definition) is 1. The Hall–Kier alpha value is -2.62. The first kappa shape index (κ1) is 12.1. The molecule has 3 nitrogen and oxygen atoms in total. The topological polar surface area (TPSA) is 21.9 Å². The summed E-state index contributed by atoms with van der Waals surface area (Å²) in [5.41, 5.74) is 3.54. The molecule has 104 valence electrons. The van der Waals surface area contributed by atoms with Crippen LogP contribution in [0.2, 0.25) is 0 Å². The highest BCUT2D eigenvalue weighted by molar-refractivity contribution is 6.05. The fourth-order valence-corrected chi connectivity index (χ4v) is 2.81. The Kier molecular flexibility index (Phi) is 2.42. The summed E-state index contributed by atoms with van der Waals surface area (Å²) in [5, 5.41) is 1.96. The van der Waals surface area contributed by atoms with Crippen molar-refractivity contribution in [2.24, 2.45) is 7.05 Å². The molecular weight excluding hydrogens is 267 g/mol. The molecule has 4 aromatic rings. The zero-order valence-electron chi connectivity index (χ0n) is 11.8. The summed E-state index contributed by atoms with van der Waals surface area (Å²) in [6.07, 6.45) is 3.98. The molecule has 0 N–H and O–H groups in total. The highest BCUT2D eigenvalue weighted by Gasteiger charge is 2.14. The number of benzene rings is 2. The first-order chi connectivity index (χ1) is 10.1. The third-order valence-electron chi connectivity index (χ3n) is 3.87. The fraction of sp³-hybridized carbons (Fsp3) is 0.118. The van der Waals surface area contributed by atoms with E-state index in [1.807, 2.05) is 40.9 Å². The van der Waals surface area contributed by atoms with Gasteiger partial charge in [-0.25, -0.2) is 4.39 Å². The van der Waals surface area contributed by atoms with Crippen LogP contribution in [0, 0.1) is 12.7 Å². The number of hydrogen-bond donors (Lipinski definition) is 0. The van der Waals surface area contributed by atoms with Crippen molar-refractivity contribution in [3.8, 4) is 5.69 Å². The second-order valence-electron chi connectivity index (χ2n) is 5.29. The van der Waals surface area contributed by atoms with Gasteiger partial charge in [0.15, 0.2) is 13.2 Å². The van der Waals surface area contributed by atoms with E-state index in [2.05, 4.69) is 13.0 Å². The Morgan fingerprint density at radius 2 is 1.90 bits per heavy atom. The monoisotopic (exact) mass is 281 g/mol. The zero-order valence-corrected chi connectivity index (χ0v) is 11.8. The van der Waals surface area contributed by atoms with Crippen LogP contribution in [-0.4, -0.2) is 4.68 Å². The minimum absolute atomic E-state index is 0.282. The largest absolute Gasteiger partial charge is 0.456 e. The van der Waals surface area contributed by atoms with Gasteiger partial charge in [0, 0.05) is 29.0 Å². The van der Waals surface area contributed by atoms with Gasteiger partial charge in [0.25, 0.3) is 0 Å². The molecule has 0 unspecified atom stereocenters. The van der Waals surface area contributed by atoms with Crippen molar-refractivity contribution >= 4 is 21.9 Å². The van der Waals surface area contributed by atoms with Crippen LogP contribution in [0.1, 0.15) is 5.56 Å². The second-order valence-corrected chi connectivity index (χ2v) is 5.29.